The standard InChI is InChI=1S/C30H37N3O5S/c1-6-23(3)31-30(35)24(4)32(20-25-11-10-14-27(19-25)38-5)29(34)21-33(26-12-8-7-9-13-26)39(36,37)28-17-15-22(2)16-18-28/h7-19,23-24H,6,20-21H2,1-5H3,(H,31,35). The first-order valence-corrected chi connectivity index (χ1v) is 14.4. The molecule has 3 aromatic rings. The molecule has 2 amide bonds. The maximum atomic E-state index is 13.9. The molecule has 1 N–H and O–H groups in total. The van der Waals surface area contributed by atoms with Crippen molar-refractivity contribution in [3.63, 3.8) is 0 Å². The van der Waals surface area contributed by atoms with E-state index in [1.54, 1.807) is 74.7 Å². The van der Waals surface area contributed by atoms with Crippen LogP contribution in [0.5, 0.6) is 5.75 Å². The van der Waals surface area contributed by atoms with Crippen molar-refractivity contribution in [1.29, 1.82) is 0 Å². The smallest absolute Gasteiger partial charge is 0.264 e. The summed E-state index contributed by atoms with van der Waals surface area (Å²) in [5, 5.41) is 2.93. The number of ether oxygens (including phenoxy) is 1. The van der Waals surface area contributed by atoms with E-state index in [0.717, 1.165) is 21.9 Å². The minimum absolute atomic E-state index is 0.0727. The van der Waals surface area contributed by atoms with E-state index in [4.69, 9.17) is 4.74 Å². The van der Waals surface area contributed by atoms with Gasteiger partial charge in [0.25, 0.3) is 10.0 Å². The quantitative estimate of drug-likeness (QED) is 0.357. The van der Waals surface area contributed by atoms with Crippen molar-refractivity contribution in [3.05, 3.63) is 90.0 Å². The van der Waals surface area contributed by atoms with Gasteiger partial charge in [0.1, 0.15) is 18.3 Å². The number of nitrogens with zero attached hydrogens (tertiary/aromatic N) is 2. The van der Waals surface area contributed by atoms with Crippen molar-refractivity contribution in [2.24, 2.45) is 0 Å². The van der Waals surface area contributed by atoms with E-state index >= 15 is 0 Å². The highest BCUT2D eigenvalue weighted by Crippen LogP contribution is 2.25. The van der Waals surface area contributed by atoms with Crippen LogP contribution in [0, 0.1) is 6.92 Å². The van der Waals surface area contributed by atoms with Gasteiger partial charge in [0.2, 0.25) is 11.8 Å². The van der Waals surface area contributed by atoms with Gasteiger partial charge in [-0.25, -0.2) is 8.42 Å². The molecule has 0 bridgehead atoms. The lowest BCUT2D eigenvalue weighted by atomic mass is 10.1. The molecule has 0 spiro atoms. The fraction of sp³-hybridized carbons (Fsp3) is 0.333. The summed E-state index contributed by atoms with van der Waals surface area (Å²) in [6.45, 7) is 6.99. The summed E-state index contributed by atoms with van der Waals surface area (Å²) in [5.41, 5.74) is 2.02. The molecule has 0 heterocycles. The van der Waals surface area contributed by atoms with E-state index in [1.807, 2.05) is 26.8 Å². The predicted octanol–water partition coefficient (Wildman–Crippen LogP) is 4.53. The number of amides is 2. The van der Waals surface area contributed by atoms with Crippen LogP contribution in [0.2, 0.25) is 0 Å². The summed E-state index contributed by atoms with van der Waals surface area (Å²) in [4.78, 5) is 28.5. The highest BCUT2D eigenvalue weighted by Gasteiger charge is 2.32. The monoisotopic (exact) mass is 551 g/mol. The molecule has 3 aromatic carbocycles. The molecule has 0 aromatic heterocycles. The lowest BCUT2D eigenvalue weighted by molar-refractivity contribution is -0.139. The van der Waals surface area contributed by atoms with E-state index in [9.17, 15) is 18.0 Å². The Labute approximate surface area is 231 Å². The number of benzene rings is 3. The van der Waals surface area contributed by atoms with Crippen molar-refractivity contribution in [3.8, 4) is 5.75 Å². The van der Waals surface area contributed by atoms with Crippen LogP contribution in [0.3, 0.4) is 0 Å². The molecule has 0 aliphatic carbocycles. The van der Waals surface area contributed by atoms with Crippen LogP contribution in [-0.4, -0.2) is 50.9 Å². The number of hydrogen-bond acceptors (Lipinski definition) is 5. The summed E-state index contributed by atoms with van der Waals surface area (Å²) in [5.74, 6) is -0.207. The average Bonchev–Trinajstić information content (AvgIpc) is 2.94. The zero-order valence-corrected chi connectivity index (χ0v) is 23.9. The number of rotatable bonds is 12. The molecule has 9 heteroatoms. The Morgan fingerprint density at radius 3 is 2.23 bits per heavy atom. The number of methoxy groups -OCH3 is 1. The molecular formula is C30H37N3O5S. The molecule has 8 nitrogen and oxygen atoms in total. The Hall–Kier alpha value is -3.85. The fourth-order valence-electron chi connectivity index (χ4n) is 3.98. The van der Waals surface area contributed by atoms with E-state index in [2.05, 4.69) is 5.32 Å². The van der Waals surface area contributed by atoms with E-state index in [1.165, 1.54) is 17.0 Å². The molecule has 3 rings (SSSR count). The van der Waals surface area contributed by atoms with E-state index in [-0.39, 0.29) is 23.4 Å². The Balaban J connectivity index is 2.00. The lowest BCUT2D eigenvalue weighted by Gasteiger charge is -2.32. The van der Waals surface area contributed by atoms with Gasteiger partial charge in [-0.1, -0.05) is 55.0 Å². The third-order valence-corrected chi connectivity index (χ3v) is 8.38. The first kappa shape index (κ1) is 29.7. The number of nitrogens with one attached hydrogen (secondary N) is 1. The minimum atomic E-state index is -4.09. The fourth-order valence-corrected chi connectivity index (χ4v) is 5.39. The van der Waals surface area contributed by atoms with Crippen molar-refractivity contribution in [2.75, 3.05) is 18.0 Å². The molecule has 0 radical (unpaired) electrons. The van der Waals surface area contributed by atoms with Crippen molar-refractivity contribution < 1.29 is 22.7 Å². The zero-order chi connectivity index (χ0) is 28.6. The zero-order valence-electron chi connectivity index (χ0n) is 23.1. The van der Waals surface area contributed by atoms with Gasteiger partial charge in [0.05, 0.1) is 17.7 Å². The number of carbonyl (C=O) groups is 2. The second kappa shape index (κ2) is 13.3. The molecule has 2 atom stereocenters. The molecule has 0 saturated heterocycles. The van der Waals surface area contributed by atoms with Crippen molar-refractivity contribution >= 4 is 27.5 Å². The highest BCUT2D eigenvalue weighted by atomic mass is 32.2. The Morgan fingerprint density at radius 1 is 0.949 bits per heavy atom. The van der Waals surface area contributed by atoms with Gasteiger partial charge in [-0.3, -0.25) is 13.9 Å². The molecule has 208 valence electrons. The number of sulfonamides is 1. The van der Waals surface area contributed by atoms with Crippen molar-refractivity contribution in [2.45, 2.75) is 57.6 Å². The molecule has 0 aliphatic rings. The molecule has 2 unspecified atom stereocenters. The Bertz CT molecular complexity index is 1360. The summed E-state index contributed by atoms with van der Waals surface area (Å²) < 4.78 is 34.0. The third kappa shape index (κ3) is 7.60. The Morgan fingerprint density at radius 2 is 1.62 bits per heavy atom. The van der Waals surface area contributed by atoms with Crippen LogP contribution >= 0.6 is 0 Å². The van der Waals surface area contributed by atoms with Gasteiger partial charge >= 0.3 is 0 Å². The van der Waals surface area contributed by atoms with Crippen LogP contribution in [0.1, 0.15) is 38.3 Å². The van der Waals surface area contributed by atoms with Crippen LogP contribution in [0.15, 0.2) is 83.8 Å². The van der Waals surface area contributed by atoms with E-state index < -0.39 is 28.5 Å². The summed E-state index contributed by atoms with van der Waals surface area (Å²) >= 11 is 0. The number of carbonyl (C=O) groups excluding carboxylic acids is 2. The normalized spacial score (nSPS) is 12.7. The molecule has 0 fully saturated rings. The maximum Gasteiger partial charge on any atom is 0.264 e. The van der Waals surface area contributed by atoms with Gasteiger partial charge in [0, 0.05) is 12.6 Å². The molecule has 39 heavy (non-hydrogen) atoms. The second-order valence-electron chi connectivity index (χ2n) is 9.53. The molecular weight excluding hydrogens is 514 g/mol. The first-order chi connectivity index (χ1) is 18.6. The Kier molecular flexibility index (Phi) is 10.1. The van der Waals surface area contributed by atoms with Crippen LogP contribution in [-0.2, 0) is 26.2 Å². The van der Waals surface area contributed by atoms with Gasteiger partial charge < -0.3 is 15.0 Å². The maximum absolute atomic E-state index is 13.9. The van der Waals surface area contributed by atoms with Gasteiger partial charge in [-0.2, -0.15) is 0 Å². The minimum Gasteiger partial charge on any atom is -0.497 e. The lowest BCUT2D eigenvalue weighted by Crippen LogP contribution is -2.52. The summed E-state index contributed by atoms with van der Waals surface area (Å²) in [6.07, 6.45) is 0.735. The molecule has 0 aliphatic heterocycles. The number of anilines is 1. The summed E-state index contributed by atoms with van der Waals surface area (Å²) in [6, 6.07) is 21.3. The van der Waals surface area contributed by atoms with Crippen LogP contribution in [0.25, 0.3) is 0 Å². The van der Waals surface area contributed by atoms with Gasteiger partial charge in [-0.05, 0) is 69.2 Å². The summed E-state index contributed by atoms with van der Waals surface area (Å²) in [7, 11) is -2.53. The van der Waals surface area contributed by atoms with Crippen LogP contribution < -0.4 is 14.4 Å². The van der Waals surface area contributed by atoms with Crippen LogP contribution in [0.4, 0.5) is 5.69 Å². The largest absolute Gasteiger partial charge is 0.497 e. The van der Waals surface area contributed by atoms with Crippen molar-refractivity contribution in [1.82, 2.24) is 10.2 Å². The highest BCUT2D eigenvalue weighted by molar-refractivity contribution is 7.92. The number of para-hydroxylation sites is 1. The second-order valence-corrected chi connectivity index (χ2v) is 11.4. The van der Waals surface area contributed by atoms with Gasteiger partial charge in [0.15, 0.2) is 0 Å². The number of aryl methyl sites for hydroxylation is 1. The predicted molar refractivity (Wildman–Crippen MR) is 153 cm³/mol. The SMILES string of the molecule is CCC(C)NC(=O)C(C)N(Cc1cccc(OC)c1)C(=O)CN(c1ccccc1)S(=O)(=O)c1ccc(C)cc1. The van der Waals surface area contributed by atoms with Gasteiger partial charge in [-0.15, -0.1) is 0 Å². The average molecular weight is 552 g/mol. The first-order valence-electron chi connectivity index (χ1n) is 12.9. The molecule has 0 saturated carbocycles. The number of hydrogen-bond donors (Lipinski definition) is 1. The third-order valence-electron chi connectivity index (χ3n) is 6.59. The van der Waals surface area contributed by atoms with E-state index in [0.29, 0.717) is 11.4 Å². The topological polar surface area (TPSA) is 96.0 Å².